The predicted molar refractivity (Wildman–Crippen MR) is 164 cm³/mol. The van der Waals surface area contributed by atoms with Gasteiger partial charge < -0.3 is 14.2 Å². The van der Waals surface area contributed by atoms with Crippen molar-refractivity contribution in [1.82, 2.24) is 9.47 Å². The van der Waals surface area contributed by atoms with Gasteiger partial charge in [-0.15, -0.1) is 0 Å². The van der Waals surface area contributed by atoms with Gasteiger partial charge in [-0.2, -0.15) is 0 Å². The van der Waals surface area contributed by atoms with Crippen LogP contribution >= 0.6 is 11.6 Å². The van der Waals surface area contributed by atoms with Gasteiger partial charge in [-0.25, -0.2) is 0 Å². The van der Waals surface area contributed by atoms with Gasteiger partial charge in [0, 0.05) is 83.6 Å². The van der Waals surface area contributed by atoms with Gasteiger partial charge in [0.25, 0.3) is 0 Å². The van der Waals surface area contributed by atoms with Crippen LogP contribution in [0.5, 0.6) is 0 Å². The fourth-order valence-electron chi connectivity index (χ4n) is 7.28. The quantitative estimate of drug-likeness (QED) is 0.305. The maximum Gasteiger partial charge on any atom is 0.162 e. The van der Waals surface area contributed by atoms with E-state index in [1.807, 2.05) is 30.3 Å². The van der Waals surface area contributed by atoms with E-state index in [9.17, 15) is 9.59 Å². The molecular weight excluding hydrogens is 532 g/mol. The summed E-state index contributed by atoms with van der Waals surface area (Å²) in [5.74, 6) is -0.0736. The van der Waals surface area contributed by atoms with Crippen molar-refractivity contribution in [3.05, 3.63) is 93.4 Å². The maximum atomic E-state index is 14.2. The van der Waals surface area contributed by atoms with E-state index in [0.29, 0.717) is 37.6 Å². The van der Waals surface area contributed by atoms with Crippen molar-refractivity contribution in [1.29, 1.82) is 0 Å². The lowest BCUT2D eigenvalue weighted by Gasteiger charge is -2.49. The third-order valence-electron chi connectivity index (χ3n) is 8.91. The Kier molecular flexibility index (Phi) is 7.02. The summed E-state index contributed by atoms with van der Waals surface area (Å²) in [4.78, 5) is 30.6. The number of ether oxygens (including phenoxy) is 1. The molecule has 0 fully saturated rings. The van der Waals surface area contributed by atoms with Crippen molar-refractivity contribution in [3.8, 4) is 0 Å². The molecule has 1 aliphatic heterocycles. The third kappa shape index (κ3) is 5.08. The Bertz CT molecular complexity index is 1570. The number of hydrogen-bond acceptors (Lipinski definition) is 4. The maximum absolute atomic E-state index is 14.2. The molecule has 0 unspecified atom stereocenters. The zero-order valence-corrected chi connectivity index (χ0v) is 25.5. The Labute approximate surface area is 247 Å². The molecule has 1 aromatic heterocycles. The van der Waals surface area contributed by atoms with Crippen molar-refractivity contribution in [3.63, 3.8) is 0 Å². The zero-order valence-electron chi connectivity index (χ0n) is 24.7. The van der Waals surface area contributed by atoms with Crippen LogP contribution in [-0.4, -0.2) is 41.3 Å². The highest BCUT2D eigenvalue weighted by Crippen LogP contribution is 2.55. The summed E-state index contributed by atoms with van der Waals surface area (Å²) >= 11 is 6.33. The SMILES string of the molecule is COCCN1C2=C(C(=O)CC(C)(C)C2)C(c2cn(Cc3cccc(Cl)c3)c3ccccc23)C2=C1CC(C)(C)CC2=O. The van der Waals surface area contributed by atoms with Crippen LogP contribution in [-0.2, 0) is 20.9 Å². The van der Waals surface area contributed by atoms with Crippen LogP contribution in [0.25, 0.3) is 10.9 Å². The molecular formula is C35H39ClN2O3. The first kappa shape index (κ1) is 28.0. The van der Waals surface area contributed by atoms with E-state index >= 15 is 0 Å². The molecule has 0 saturated heterocycles. The number of carbonyl (C=O) groups is 2. The van der Waals surface area contributed by atoms with E-state index in [1.165, 1.54) is 0 Å². The van der Waals surface area contributed by atoms with Gasteiger partial charge in [-0.1, -0.05) is 69.6 Å². The van der Waals surface area contributed by atoms with Crippen molar-refractivity contribution in [2.45, 2.75) is 65.8 Å². The molecule has 3 aliphatic rings. The number of nitrogens with zero attached hydrogens (tertiary/aromatic N) is 2. The summed E-state index contributed by atoms with van der Waals surface area (Å²) in [6.07, 6.45) is 4.71. The topological polar surface area (TPSA) is 51.5 Å². The third-order valence-corrected chi connectivity index (χ3v) is 9.15. The fourth-order valence-corrected chi connectivity index (χ4v) is 7.49. The highest BCUT2D eigenvalue weighted by molar-refractivity contribution is 6.30. The van der Waals surface area contributed by atoms with Gasteiger partial charge >= 0.3 is 0 Å². The van der Waals surface area contributed by atoms with Crippen LogP contribution in [0.15, 0.2) is 77.3 Å². The highest BCUT2D eigenvalue weighted by Gasteiger charge is 2.49. The molecule has 5 nitrogen and oxygen atoms in total. The van der Waals surface area contributed by atoms with E-state index in [2.05, 4.69) is 61.6 Å². The van der Waals surface area contributed by atoms with E-state index in [4.69, 9.17) is 16.3 Å². The molecule has 0 amide bonds. The number of carbonyl (C=O) groups excluding carboxylic acids is 2. The normalized spacial score (nSPS) is 20.6. The lowest BCUT2D eigenvalue weighted by molar-refractivity contribution is -0.119. The molecule has 3 aromatic rings. The largest absolute Gasteiger partial charge is 0.383 e. The molecule has 2 aromatic carbocycles. The summed E-state index contributed by atoms with van der Waals surface area (Å²) in [5, 5.41) is 1.79. The van der Waals surface area contributed by atoms with Gasteiger partial charge in [0.1, 0.15) is 0 Å². The standard InChI is InChI=1S/C35H39ClN2O3/c1-34(2)16-27-32(29(39)18-34)31(33-28(38(27)13-14-41-5)17-35(3,4)19-30(33)40)25-21-37(26-12-7-6-11-24(25)26)20-22-9-8-10-23(36)15-22/h6-12,15,21,31H,13-14,16-20H2,1-5H3. The Morgan fingerprint density at radius 3 is 2.12 bits per heavy atom. The van der Waals surface area contributed by atoms with Crippen LogP contribution in [0.2, 0.25) is 5.02 Å². The van der Waals surface area contributed by atoms with Crippen LogP contribution in [0.4, 0.5) is 0 Å². The van der Waals surface area contributed by atoms with Gasteiger partial charge in [-0.3, -0.25) is 9.59 Å². The molecule has 41 heavy (non-hydrogen) atoms. The number of aromatic nitrogens is 1. The monoisotopic (exact) mass is 570 g/mol. The van der Waals surface area contributed by atoms with Crippen molar-refractivity contribution >= 4 is 34.1 Å². The molecule has 6 heteroatoms. The van der Waals surface area contributed by atoms with Crippen LogP contribution in [0.3, 0.4) is 0 Å². The number of ketones is 2. The second-order valence-electron chi connectivity index (χ2n) is 13.5. The van der Waals surface area contributed by atoms with Gasteiger partial charge in [0.05, 0.1) is 6.61 Å². The van der Waals surface area contributed by atoms with Crippen LogP contribution in [0, 0.1) is 10.8 Å². The summed E-state index contributed by atoms with van der Waals surface area (Å²) in [7, 11) is 1.71. The number of fused-ring (bicyclic) bond motifs is 1. The molecule has 6 rings (SSSR count). The van der Waals surface area contributed by atoms with Crippen molar-refractivity contribution in [2.24, 2.45) is 10.8 Å². The second-order valence-corrected chi connectivity index (χ2v) is 14.0. The first-order valence-electron chi connectivity index (χ1n) is 14.6. The number of methoxy groups -OCH3 is 1. The van der Waals surface area contributed by atoms with Crippen LogP contribution in [0.1, 0.15) is 70.4 Å². The molecule has 2 heterocycles. The molecule has 0 radical (unpaired) electrons. The van der Waals surface area contributed by atoms with Gasteiger partial charge in [0.15, 0.2) is 11.6 Å². The smallest absolute Gasteiger partial charge is 0.162 e. The molecule has 0 N–H and O–H groups in total. The Morgan fingerprint density at radius 1 is 0.878 bits per heavy atom. The molecule has 0 bridgehead atoms. The lowest BCUT2D eigenvalue weighted by atomic mass is 9.63. The van der Waals surface area contributed by atoms with E-state index in [1.54, 1.807) is 7.11 Å². The fraction of sp³-hybridized carbons (Fsp3) is 0.429. The molecule has 0 atom stereocenters. The minimum atomic E-state index is -0.378. The highest BCUT2D eigenvalue weighted by atomic mass is 35.5. The minimum Gasteiger partial charge on any atom is -0.383 e. The summed E-state index contributed by atoms with van der Waals surface area (Å²) in [6.45, 7) is 10.5. The van der Waals surface area contributed by atoms with E-state index < -0.39 is 0 Å². The second kappa shape index (κ2) is 10.3. The number of allylic oxidation sites excluding steroid dienone is 4. The molecule has 0 saturated carbocycles. The van der Waals surface area contributed by atoms with Gasteiger partial charge in [0.2, 0.25) is 0 Å². The average molecular weight is 571 g/mol. The van der Waals surface area contributed by atoms with Crippen molar-refractivity contribution < 1.29 is 14.3 Å². The number of halogens is 1. The first-order chi connectivity index (χ1) is 19.5. The first-order valence-corrected chi connectivity index (χ1v) is 15.0. The Morgan fingerprint density at radius 2 is 1.51 bits per heavy atom. The molecule has 2 aliphatic carbocycles. The summed E-state index contributed by atoms with van der Waals surface area (Å²) in [5.41, 5.74) is 6.67. The van der Waals surface area contributed by atoms with Crippen molar-refractivity contribution in [2.75, 3.05) is 20.3 Å². The number of benzene rings is 2. The minimum absolute atomic E-state index is 0.152. The lowest BCUT2D eigenvalue weighted by Crippen LogP contribution is -2.45. The average Bonchev–Trinajstić information content (AvgIpc) is 3.24. The van der Waals surface area contributed by atoms with Crippen LogP contribution < -0.4 is 0 Å². The van der Waals surface area contributed by atoms with E-state index in [-0.39, 0.29) is 28.3 Å². The molecule has 214 valence electrons. The number of Topliss-reactive ketones (excluding diaryl/α,β-unsaturated/α-hetero) is 2. The van der Waals surface area contributed by atoms with E-state index in [0.717, 1.165) is 57.4 Å². The Balaban J connectivity index is 1.60. The Hall–Kier alpha value is -3.15. The van der Waals surface area contributed by atoms with Gasteiger partial charge in [-0.05, 0) is 53.0 Å². The number of rotatable bonds is 6. The summed E-state index contributed by atoms with van der Waals surface area (Å²) in [6, 6.07) is 16.3. The predicted octanol–water partition coefficient (Wildman–Crippen LogP) is 7.68. The number of hydrogen-bond donors (Lipinski definition) is 0. The number of para-hydroxylation sites is 1. The summed E-state index contributed by atoms with van der Waals surface area (Å²) < 4.78 is 7.77. The molecule has 0 spiro atoms. The zero-order chi connectivity index (χ0) is 29.1.